The van der Waals surface area contributed by atoms with Crippen molar-refractivity contribution in [2.75, 3.05) is 6.54 Å². The van der Waals surface area contributed by atoms with E-state index in [1.54, 1.807) is 22.6 Å². The molecule has 4 N–H and O–H groups in total. The van der Waals surface area contributed by atoms with Crippen LogP contribution in [0.15, 0.2) is 24.4 Å². The summed E-state index contributed by atoms with van der Waals surface area (Å²) >= 11 is 0. The first-order valence-electron chi connectivity index (χ1n) is 11.9. The summed E-state index contributed by atoms with van der Waals surface area (Å²) in [4.78, 5) is 41.8. The number of primary amides is 1. The summed E-state index contributed by atoms with van der Waals surface area (Å²) in [6.07, 6.45) is 5.65. The SMILES string of the molecule is CC(C)C[C@@H](NC(=O)c1cn2c(C(=O)NC[C@@H]3CC[C@H]4C[C@@H]3C4(C)C)cccc2n1)C(N)=O. The third-order valence-electron chi connectivity index (χ3n) is 7.84. The predicted molar refractivity (Wildman–Crippen MR) is 126 cm³/mol. The van der Waals surface area contributed by atoms with E-state index in [1.807, 2.05) is 13.8 Å². The van der Waals surface area contributed by atoms with E-state index in [-0.39, 0.29) is 17.5 Å². The summed E-state index contributed by atoms with van der Waals surface area (Å²) in [6.45, 7) is 9.27. The fourth-order valence-electron chi connectivity index (χ4n) is 5.78. The molecule has 5 rings (SSSR count). The van der Waals surface area contributed by atoms with Gasteiger partial charge in [-0.15, -0.1) is 0 Å². The first kappa shape index (κ1) is 23.3. The molecule has 178 valence electrons. The fraction of sp³-hybridized carbons (Fsp3) is 0.600. The Labute approximate surface area is 194 Å². The molecule has 3 saturated carbocycles. The Bertz CT molecular complexity index is 1070. The Balaban J connectivity index is 1.46. The molecule has 0 aliphatic heterocycles. The van der Waals surface area contributed by atoms with Crippen molar-refractivity contribution >= 4 is 23.4 Å². The van der Waals surface area contributed by atoms with E-state index in [1.165, 1.54) is 19.0 Å². The molecule has 2 aromatic heterocycles. The first-order valence-corrected chi connectivity index (χ1v) is 11.9. The topological polar surface area (TPSA) is 119 Å². The van der Waals surface area contributed by atoms with Gasteiger partial charge in [-0.25, -0.2) is 4.98 Å². The van der Waals surface area contributed by atoms with Crippen LogP contribution in [-0.4, -0.2) is 39.7 Å². The van der Waals surface area contributed by atoms with Gasteiger partial charge in [0.05, 0.1) is 0 Å². The molecule has 3 aliphatic rings. The molecule has 0 saturated heterocycles. The van der Waals surface area contributed by atoms with Crippen LogP contribution < -0.4 is 16.4 Å². The highest BCUT2D eigenvalue weighted by atomic mass is 16.2. The molecule has 0 radical (unpaired) electrons. The van der Waals surface area contributed by atoms with Crippen molar-refractivity contribution in [1.29, 1.82) is 0 Å². The van der Waals surface area contributed by atoms with Crippen LogP contribution in [0.5, 0.6) is 0 Å². The van der Waals surface area contributed by atoms with E-state index >= 15 is 0 Å². The lowest BCUT2D eigenvalue weighted by Gasteiger charge is -2.60. The van der Waals surface area contributed by atoms with Gasteiger partial charge in [0.1, 0.15) is 23.1 Å². The van der Waals surface area contributed by atoms with Crippen LogP contribution in [0.2, 0.25) is 0 Å². The van der Waals surface area contributed by atoms with Crippen LogP contribution in [0.3, 0.4) is 0 Å². The Morgan fingerprint density at radius 1 is 1.21 bits per heavy atom. The van der Waals surface area contributed by atoms with Crippen LogP contribution in [-0.2, 0) is 4.79 Å². The largest absolute Gasteiger partial charge is 0.368 e. The van der Waals surface area contributed by atoms with Crippen molar-refractivity contribution < 1.29 is 14.4 Å². The van der Waals surface area contributed by atoms with Crippen LogP contribution in [0, 0.1) is 29.1 Å². The maximum atomic E-state index is 13.0. The monoisotopic (exact) mass is 453 g/mol. The van der Waals surface area contributed by atoms with Crippen molar-refractivity contribution in [1.82, 2.24) is 20.0 Å². The molecule has 0 unspecified atom stereocenters. The Hall–Kier alpha value is -2.90. The van der Waals surface area contributed by atoms with Crippen LogP contribution in [0.4, 0.5) is 0 Å². The molecule has 2 bridgehead atoms. The number of nitrogens with two attached hydrogens (primary N) is 1. The number of hydrogen-bond donors (Lipinski definition) is 3. The van der Waals surface area contributed by atoms with E-state index in [4.69, 9.17) is 5.73 Å². The minimum atomic E-state index is -0.768. The molecule has 3 amide bonds. The number of nitrogens with zero attached hydrogens (tertiary/aromatic N) is 2. The fourth-order valence-corrected chi connectivity index (χ4v) is 5.78. The number of carbonyl (C=O) groups is 3. The summed E-state index contributed by atoms with van der Waals surface area (Å²) in [5, 5.41) is 5.78. The summed E-state index contributed by atoms with van der Waals surface area (Å²) in [5.74, 6) is 0.944. The maximum absolute atomic E-state index is 13.0. The number of fused-ring (bicyclic) bond motifs is 3. The smallest absolute Gasteiger partial charge is 0.272 e. The second-order valence-corrected chi connectivity index (χ2v) is 10.7. The molecule has 0 aromatic carbocycles. The van der Waals surface area contributed by atoms with E-state index in [0.29, 0.717) is 41.6 Å². The summed E-state index contributed by atoms with van der Waals surface area (Å²) in [6, 6.07) is 4.45. The van der Waals surface area contributed by atoms with Crippen molar-refractivity contribution in [2.24, 2.45) is 34.8 Å². The number of rotatable bonds is 8. The molecule has 8 nitrogen and oxygen atoms in total. The van der Waals surface area contributed by atoms with E-state index < -0.39 is 17.9 Å². The Morgan fingerprint density at radius 2 is 1.97 bits per heavy atom. The lowest BCUT2D eigenvalue weighted by molar-refractivity contribution is -0.120. The van der Waals surface area contributed by atoms with Crippen molar-refractivity contribution in [2.45, 2.75) is 59.4 Å². The third-order valence-corrected chi connectivity index (χ3v) is 7.84. The van der Waals surface area contributed by atoms with E-state index in [9.17, 15) is 14.4 Å². The molecular formula is C25H35N5O3. The number of nitrogens with one attached hydrogen (secondary N) is 2. The highest BCUT2D eigenvalue weighted by Gasteiger charge is 2.53. The van der Waals surface area contributed by atoms with Gasteiger partial charge in [-0.2, -0.15) is 0 Å². The number of carbonyl (C=O) groups excluding carboxylic acids is 3. The Morgan fingerprint density at radius 3 is 2.61 bits per heavy atom. The molecule has 33 heavy (non-hydrogen) atoms. The quantitative estimate of drug-likeness (QED) is 0.569. The Kier molecular flexibility index (Phi) is 6.20. The highest BCUT2D eigenvalue weighted by Crippen LogP contribution is 2.61. The van der Waals surface area contributed by atoms with Gasteiger partial charge in [-0.1, -0.05) is 33.8 Å². The molecule has 2 aromatic rings. The van der Waals surface area contributed by atoms with Crippen LogP contribution >= 0.6 is 0 Å². The minimum Gasteiger partial charge on any atom is -0.368 e. The number of hydrogen-bond acceptors (Lipinski definition) is 4. The number of imidazole rings is 1. The molecule has 8 heteroatoms. The zero-order valence-corrected chi connectivity index (χ0v) is 19.9. The van der Waals surface area contributed by atoms with Gasteiger partial charge >= 0.3 is 0 Å². The van der Waals surface area contributed by atoms with E-state index in [0.717, 1.165) is 12.3 Å². The number of pyridine rings is 1. The van der Waals surface area contributed by atoms with Crippen molar-refractivity contribution in [3.8, 4) is 0 Å². The van der Waals surface area contributed by atoms with Gasteiger partial charge in [-0.3, -0.25) is 18.8 Å². The second kappa shape index (κ2) is 8.80. The molecule has 2 heterocycles. The van der Waals surface area contributed by atoms with Gasteiger partial charge in [0.15, 0.2) is 0 Å². The van der Waals surface area contributed by atoms with Crippen molar-refractivity contribution in [3.63, 3.8) is 0 Å². The molecule has 3 aliphatic carbocycles. The second-order valence-electron chi connectivity index (χ2n) is 10.7. The molecule has 3 fully saturated rings. The third kappa shape index (κ3) is 4.48. The van der Waals surface area contributed by atoms with Gasteiger partial charge < -0.3 is 16.4 Å². The normalized spacial score (nSPS) is 24.2. The van der Waals surface area contributed by atoms with Gasteiger partial charge in [0.25, 0.3) is 11.8 Å². The van der Waals surface area contributed by atoms with Gasteiger partial charge in [0, 0.05) is 12.7 Å². The lowest BCUT2D eigenvalue weighted by Crippen LogP contribution is -2.54. The summed E-state index contributed by atoms with van der Waals surface area (Å²) in [5.41, 5.74) is 6.87. The average Bonchev–Trinajstić information content (AvgIpc) is 3.21. The standard InChI is InChI=1S/C25H35N5O3/c1-14(2)10-18(22(26)31)29-23(32)19-13-30-20(6-5-7-21(30)28-19)24(33)27-12-15-8-9-16-11-17(15)25(16,3)4/h5-7,13-18H,8-12H2,1-4H3,(H2,26,31)(H,27,33)(H,29,32)/t15-,16-,17-,18+/m0/s1. The van der Waals surface area contributed by atoms with E-state index in [2.05, 4.69) is 29.5 Å². The zero-order chi connectivity index (χ0) is 23.9. The summed E-state index contributed by atoms with van der Waals surface area (Å²) < 4.78 is 1.62. The maximum Gasteiger partial charge on any atom is 0.272 e. The zero-order valence-electron chi connectivity index (χ0n) is 19.9. The first-order chi connectivity index (χ1) is 15.6. The summed E-state index contributed by atoms with van der Waals surface area (Å²) in [7, 11) is 0. The molecule has 0 spiro atoms. The molecular weight excluding hydrogens is 418 g/mol. The van der Waals surface area contributed by atoms with Crippen LogP contribution in [0.1, 0.15) is 74.4 Å². The number of amides is 3. The van der Waals surface area contributed by atoms with Gasteiger partial charge in [-0.05, 0) is 66.9 Å². The number of aromatic nitrogens is 2. The van der Waals surface area contributed by atoms with Gasteiger partial charge in [0.2, 0.25) is 5.91 Å². The average molecular weight is 454 g/mol. The minimum absolute atomic E-state index is 0.139. The highest BCUT2D eigenvalue weighted by molar-refractivity contribution is 5.97. The lowest BCUT2D eigenvalue weighted by atomic mass is 9.45. The van der Waals surface area contributed by atoms with Crippen LogP contribution in [0.25, 0.3) is 5.65 Å². The molecule has 4 atom stereocenters. The predicted octanol–water partition coefficient (Wildman–Crippen LogP) is 2.77. The van der Waals surface area contributed by atoms with Crippen molar-refractivity contribution in [3.05, 3.63) is 35.8 Å².